The maximum atomic E-state index is 12.8. The SMILES string of the molecule is Cc1nn(CC(F)F)c2[nH]c(=O)cc(C(F)(F)F)c12. The highest BCUT2D eigenvalue weighted by atomic mass is 19.4. The average Bonchev–Trinajstić information content (AvgIpc) is 2.52. The molecule has 2 aromatic rings. The van der Waals surface area contributed by atoms with Crippen molar-refractivity contribution in [3.8, 4) is 0 Å². The topological polar surface area (TPSA) is 50.7 Å². The first-order valence-corrected chi connectivity index (χ1v) is 5.16. The van der Waals surface area contributed by atoms with Crippen LogP contribution in [-0.2, 0) is 12.7 Å². The number of nitrogens with zero attached hydrogens (tertiary/aromatic N) is 2. The lowest BCUT2D eigenvalue weighted by Crippen LogP contribution is -2.16. The van der Waals surface area contributed by atoms with E-state index in [0.717, 1.165) is 0 Å². The van der Waals surface area contributed by atoms with Crippen molar-refractivity contribution in [2.24, 2.45) is 0 Å². The van der Waals surface area contributed by atoms with Crippen LogP contribution in [0.1, 0.15) is 11.3 Å². The molecule has 4 nitrogen and oxygen atoms in total. The van der Waals surface area contributed by atoms with Crippen molar-refractivity contribution in [3.05, 3.63) is 27.7 Å². The van der Waals surface area contributed by atoms with Crippen LogP contribution in [0.3, 0.4) is 0 Å². The predicted molar refractivity (Wildman–Crippen MR) is 56.1 cm³/mol. The van der Waals surface area contributed by atoms with Crippen molar-refractivity contribution >= 4 is 11.0 Å². The molecule has 0 aliphatic carbocycles. The van der Waals surface area contributed by atoms with Crippen LogP contribution >= 0.6 is 0 Å². The lowest BCUT2D eigenvalue weighted by Gasteiger charge is -2.08. The number of H-pyrrole nitrogens is 1. The number of hydrogen-bond donors (Lipinski definition) is 1. The summed E-state index contributed by atoms with van der Waals surface area (Å²) < 4.78 is 63.7. The zero-order valence-corrected chi connectivity index (χ0v) is 9.55. The Kier molecular flexibility index (Phi) is 3.07. The summed E-state index contributed by atoms with van der Waals surface area (Å²) in [6, 6.07) is 0.393. The van der Waals surface area contributed by atoms with E-state index in [0.29, 0.717) is 10.7 Å². The molecule has 0 amide bonds. The van der Waals surface area contributed by atoms with E-state index >= 15 is 0 Å². The van der Waals surface area contributed by atoms with Crippen molar-refractivity contribution in [2.45, 2.75) is 26.1 Å². The van der Waals surface area contributed by atoms with Gasteiger partial charge in [0.1, 0.15) is 12.2 Å². The van der Waals surface area contributed by atoms with E-state index in [4.69, 9.17) is 0 Å². The van der Waals surface area contributed by atoms with Crippen molar-refractivity contribution < 1.29 is 22.0 Å². The Balaban J connectivity index is 2.80. The number of rotatable bonds is 2. The van der Waals surface area contributed by atoms with Gasteiger partial charge in [0.2, 0.25) is 5.56 Å². The second-order valence-corrected chi connectivity index (χ2v) is 3.93. The molecular weight excluding hydrogens is 273 g/mol. The van der Waals surface area contributed by atoms with E-state index in [-0.39, 0.29) is 16.7 Å². The fourth-order valence-corrected chi connectivity index (χ4v) is 1.87. The summed E-state index contributed by atoms with van der Waals surface area (Å²) in [5, 5.41) is 3.24. The van der Waals surface area contributed by atoms with E-state index in [1.807, 2.05) is 0 Å². The molecule has 1 N–H and O–H groups in total. The summed E-state index contributed by atoms with van der Waals surface area (Å²) in [6.07, 6.45) is -7.55. The molecule has 0 fully saturated rings. The molecule has 104 valence electrons. The van der Waals surface area contributed by atoms with Gasteiger partial charge in [-0.1, -0.05) is 0 Å². The van der Waals surface area contributed by atoms with Gasteiger partial charge in [0.25, 0.3) is 6.43 Å². The van der Waals surface area contributed by atoms with Gasteiger partial charge in [0.15, 0.2) is 0 Å². The Morgan fingerprint density at radius 2 is 2.05 bits per heavy atom. The minimum atomic E-state index is -4.75. The van der Waals surface area contributed by atoms with Gasteiger partial charge in [0, 0.05) is 6.07 Å². The van der Waals surface area contributed by atoms with Gasteiger partial charge in [-0.15, -0.1) is 0 Å². The predicted octanol–water partition coefficient (Wildman–Crippen LogP) is 2.32. The Hall–Kier alpha value is -1.93. The molecule has 0 radical (unpaired) electrons. The standard InChI is InChI=1S/C10H8F5N3O/c1-4-8-5(10(13,14)15)2-7(19)16-9(8)18(17-4)3-6(11)12/h2,6H,3H2,1H3,(H,16,19). The minimum Gasteiger partial charge on any atom is -0.307 e. The molecule has 0 atom stereocenters. The quantitative estimate of drug-likeness (QED) is 0.859. The number of pyridine rings is 1. The van der Waals surface area contributed by atoms with Gasteiger partial charge in [-0.3, -0.25) is 4.79 Å². The van der Waals surface area contributed by atoms with Gasteiger partial charge >= 0.3 is 6.18 Å². The molecule has 0 unspecified atom stereocenters. The van der Waals surface area contributed by atoms with Crippen LogP contribution in [-0.4, -0.2) is 21.2 Å². The Morgan fingerprint density at radius 3 is 2.58 bits per heavy atom. The Morgan fingerprint density at radius 1 is 1.42 bits per heavy atom. The lowest BCUT2D eigenvalue weighted by molar-refractivity contribution is -0.136. The highest BCUT2D eigenvalue weighted by Gasteiger charge is 2.35. The normalized spacial score (nSPS) is 12.6. The number of nitrogens with one attached hydrogen (secondary N) is 1. The molecule has 0 bridgehead atoms. The molecule has 0 aliphatic heterocycles. The monoisotopic (exact) mass is 281 g/mol. The minimum absolute atomic E-state index is 0.0702. The van der Waals surface area contributed by atoms with Crippen molar-refractivity contribution in [1.29, 1.82) is 0 Å². The van der Waals surface area contributed by atoms with Crippen LogP contribution in [0.5, 0.6) is 0 Å². The average molecular weight is 281 g/mol. The highest BCUT2D eigenvalue weighted by Crippen LogP contribution is 2.34. The molecule has 0 aliphatic rings. The fourth-order valence-electron chi connectivity index (χ4n) is 1.87. The first-order valence-electron chi connectivity index (χ1n) is 5.16. The van der Waals surface area contributed by atoms with E-state index < -0.39 is 30.3 Å². The zero-order valence-electron chi connectivity index (χ0n) is 9.55. The molecule has 2 aromatic heterocycles. The van der Waals surface area contributed by atoms with Gasteiger partial charge in [-0.2, -0.15) is 18.3 Å². The number of alkyl halides is 5. The largest absolute Gasteiger partial charge is 0.417 e. The number of hydrogen-bond acceptors (Lipinski definition) is 2. The molecule has 9 heteroatoms. The number of aryl methyl sites for hydroxylation is 1. The third-order valence-corrected chi connectivity index (χ3v) is 2.53. The summed E-state index contributed by atoms with van der Waals surface area (Å²) in [7, 11) is 0. The summed E-state index contributed by atoms with van der Waals surface area (Å²) in [4.78, 5) is 13.3. The van der Waals surface area contributed by atoms with Crippen LogP contribution in [0, 0.1) is 6.92 Å². The van der Waals surface area contributed by atoms with E-state index in [2.05, 4.69) is 10.1 Å². The summed E-state index contributed by atoms with van der Waals surface area (Å²) in [5.74, 6) is 0. The van der Waals surface area contributed by atoms with Gasteiger partial charge < -0.3 is 4.98 Å². The Bertz CT molecular complexity index is 670. The molecule has 0 saturated heterocycles. The van der Waals surface area contributed by atoms with Crippen LogP contribution < -0.4 is 5.56 Å². The number of aromatic amines is 1. The van der Waals surface area contributed by atoms with Crippen molar-refractivity contribution in [3.63, 3.8) is 0 Å². The highest BCUT2D eigenvalue weighted by molar-refractivity contribution is 5.82. The number of halogens is 5. The summed E-state index contributed by atoms with van der Waals surface area (Å²) in [6.45, 7) is 0.374. The third-order valence-electron chi connectivity index (χ3n) is 2.53. The molecule has 0 aromatic carbocycles. The fraction of sp³-hybridized carbons (Fsp3) is 0.400. The van der Waals surface area contributed by atoms with Gasteiger partial charge in [-0.05, 0) is 6.92 Å². The second kappa shape index (κ2) is 4.32. The third kappa shape index (κ3) is 2.45. The van der Waals surface area contributed by atoms with E-state index in [9.17, 15) is 26.7 Å². The van der Waals surface area contributed by atoms with Crippen LogP contribution in [0.4, 0.5) is 22.0 Å². The zero-order chi connectivity index (χ0) is 14.4. The second-order valence-electron chi connectivity index (χ2n) is 3.93. The number of fused-ring (bicyclic) bond motifs is 1. The van der Waals surface area contributed by atoms with Crippen LogP contribution in [0.2, 0.25) is 0 Å². The van der Waals surface area contributed by atoms with Crippen molar-refractivity contribution in [1.82, 2.24) is 14.8 Å². The van der Waals surface area contributed by atoms with E-state index in [1.54, 1.807) is 0 Å². The van der Waals surface area contributed by atoms with Gasteiger partial charge in [-0.25, -0.2) is 13.5 Å². The maximum absolute atomic E-state index is 12.8. The first kappa shape index (κ1) is 13.5. The van der Waals surface area contributed by atoms with Gasteiger partial charge in [0.05, 0.1) is 16.6 Å². The molecule has 0 saturated carbocycles. The summed E-state index contributed by atoms with van der Waals surface area (Å²) >= 11 is 0. The molecule has 2 heterocycles. The molecule has 19 heavy (non-hydrogen) atoms. The summed E-state index contributed by atoms with van der Waals surface area (Å²) in [5.41, 5.74) is -2.61. The maximum Gasteiger partial charge on any atom is 0.417 e. The lowest BCUT2D eigenvalue weighted by atomic mass is 10.1. The van der Waals surface area contributed by atoms with E-state index in [1.165, 1.54) is 6.92 Å². The van der Waals surface area contributed by atoms with Crippen LogP contribution in [0.15, 0.2) is 10.9 Å². The Labute approximate surface area is 102 Å². The molecule has 2 rings (SSSR count). The first-order chi connectivity index (χ1) is 8.70. The molecule has 0 spiro atoms. The molecular formula is C10H8F5N3O. The smallest absolute Gasteiger partial charge is 0.307 e. The van der Waals surface area contributed by atoms with Crippen molar-refractivity contribution in [2.75, 3.05) is 0 Å². The van der Waals surface area contributed by atoms with Crippen LogP contribution in [0.25, 0.3) is 11.0 Å². The number of aromatic nitrogens is 3.